The van der Waals surface area contributed by atoms with Gasteiger partial charge in [0.1, 0.15) is 12.6 Å². The van der Waals surface area contributed by atoms with Gasteiger partial charge in [0, 0.05) is 12.8 Å². The van der Waals surface area contributed by atoms with Crippen LogP contribution in [0, 0.1) is 0 Å². The molecule has 0 bridgehead atoms. The maximum atomic E-state index is 12.1. The number of likely N-dealkylation sites (tertiary alicyclic amines) is 1. The zero-order valence-corrected chi connectivity index (χ0v) is 15.9. The first-order valence-electron chi connectivity index (χ1n) is 8.63. The van der Waals surface area contributed by atoms with Crippen LogP contribution in [0.3, 0.4) is 0 Å². The van der Waals surface area contributed by atoms with Crippen LogP contribution in [0.15, 0.2) is 0 Å². The maximum Gasteiger partial charge on any atom is 0.357 e. The Kier molecular flexibility index (Phi) is 7.84. The quantitative estimate of drug-likeness (QED) is 0.142. The Morgan fingerprint density at radius 2 is 1.80 bits per heavy atom. The highest BCUT2D eigenvalue weighted by atomic mass is 16.5. The minimum atomic E-state index is -2.86. The van der Waals surface area contributed by atoms with Crippen LogP contribution in [0.4, 0.5) is 0 Å². The van der Waals surface area contributed by atoms with Gasteiger partial charge in [0.25, 0.3) is 0 Å². The van der Waals surface area contributed by atoms with E-state index >= 15 is 0 Å². The van der Waals surface area contributed by atoms with Crippen molar-refractivity contribution in [1.82, 2.24) is 10.2 Å². The number of nitrogens with one attached hydrogen (secondary N) is 1. The molecule has 0 aliphatic carbocycles. The number of carbonyl (C=O) groups is 6. The Morgan fingerprint density at radius 1 is 1.20 bits per heavy atom. The summed E-state index contributed by atoms with van der Waals surface area (Å²) in [6.07, 6.45) is -3.03. The van der Waals surface area contributed by atoms with Gasteiger partial charge in [0.15, 0.2) is 5.60 Å². The van der Waals surface area contributed by atoms with E-state index in [1.807, 2.05) is 0 Å². The molecule has 0 aromatic heterocycles. The minimum Gasteiger partial charge on any atom is -0.481 e. The summed E-state index contributed by atoms with van der Waals surface area (Å²) in [6, 6.07) is -1.36. The van der Waals surface area contributed by atoms with Crippen molar-refractivity contribution in [3.63, 3.8) is 0 Å². The predicted octanol–water partition coefficient (Wildman–Crippen LogP) is -2.89. The Balaban J connectivity index is 2.55. The molecule has 0 radical (unpaired) electrons. The Labute approximate surface area is 169 Å². The maximum absolute atomic E-state index is 12.1. The first kappa shape index (κ1) is 24.8. The molecule has 0 aromatic rings. The van der Waals surface area contributed by atoms with Crippen molar-refractivity contribution in [2.45, 2.75) is 50.0 Å². The molecule has 2 amide bonds. The van der Waals surface area contributed by atoms with Crippen molar-refractivity contribution in [2.24, 2.45) is 0 Å². The van der Waals surface area contributed by atoms with E-state index in [2.05, 4.69) is 10.1 Å². The normalized spacial score (nSPS) is 21.4. The Bertz CT molecular complexity index is 753. The van der Waals surface area contributed by atoms with E-state index in [1.54, 1.807) is 0 Å². The molecule has 3 atom stereocenters. The molecule has 1 heterocycles. The third kappa shape index (κ3) is 5.64. The fourth-order valence-electron chi connectivity index (χ4n) is 2.83. The van der Waals surface area contributed by atoms with Gasteiger partial charge in [-0.2, -0.15) is 0 Å². The molecular formula is C16H22N2O12. The van der Waals surface area contributed by atoms with Crippen molar-refractivity contribution in [3.8, 4) is 0 Å². The summed E-state index contributed by atoms with van der Waals surface area (Å²) in [4.78, 5) is 69.0. The van der Waals surface area contributed by atoms with E-state index in [0.29, 0.717) is 4.90 Å². The average Bonchev–Trinajstić information content (AvgIpc) is 2.93. The van der Waals surface area contributed by atoms with E-state index < -0.39 is 72.5 Å². The Hall–Kier alpha value is -3.26. The molecule has 14 nitrogen and oxygen atoms in total. The molecule has 14 heteroatoms. The lowest BCUT2D eigenvalue weighted by molar-refractivity contribution is -0.185. The number of ether oxygens (including phenoxy) is 1. The van der Waals surface area contributed by atoms with Crippen LogP contribution in [-0.2, 0) is 33.5 Å². The second-order valence-corrected chi connectivity index (χ2v) is 6.66. The summed E-state index contributed by atoms with van der Waals surface area (Å²) < 4.78 is 4.63. The summed E-state index contributed by atoms with van der Waals surface area (Å²) in [5.41, 5.74) is -5.39. The van der Waals surface area contributed by atoms with Crippen molar-refractivity contribution in [3.05, 3.63) is 0 Å². The lowest BCUT2D eigenvalue weighted by Gasteiger charge is -2.33. The molecular weight excluding hydrogens is 412 g/mol. The van der Waals surface area contributed by atoms with Crippen LogP contribution in [-0.4, -0.2) is 96.6 Å². The number of carbonyl (C=O) groups excluding carboxylic acids is 3. The van der Waals surface area contributed by atoms with Crippen LogP contribution in [0.2, 0.25) is 0 Å². The largest absolute Gasteiger partial charge is 0.481 e. The van der Waals surface area contributed by atoms with Gasteiger partial charge in [-0.25, -0.2) is 9.59 Å². The van der Waals surface area contributed by atoms with E-state index in [9.17, 15) is 39.0 Å². The predicted molar refractivity (Wildman–Crippen MR) is 91.6 cm³/mol. The lowest BCUT2D eigenvalue weighted by atomic mass is 9.96. The van der Waals surface area contributed by atoms with Crippen molar-refractivity contribution >= 4 is 35.7 Å². The summed E-state index contributed by atoms with van der Waals surface area (Å²) in [6.45, 7) is 0.376. The zero-order chi connectivity index (χ0) is 23.3. The molecule has 2 unspecified atom stereocenters. The number of rotatable bonds is 11. The van der Waals surface area contributed by atoms with Gasteiger partial charge in [0.05, 0.1) is 19.4 Å². The summed E-state index contributed by atoms with van der Waals surface area (Å²) in [5.74, 6) is -8.08. The van der Waals surface area contributed by atoms with E-state index in [1.165, 1.54) is 6.92 Å². The van der Waals surface area contributed by atoms with Crippen molar-refractivity contribution < 1.29 is 59.0 Å². The van der Waals surface area contributed by atoms with Crippen molar-refractivity contribution in [2.75, 3.05) is 13.2 Å². The summed E-state index contributed by atoms with van der Waals surface area (Å²) in [7, 11) is 0. The summed E-state index contributed by atoms with van der Waals surface area (Å²) >= 11 is 0. The molecule has 1 aliphatic rings. The minimum absolute atomic E-state index is 0.263. The number of esters is 1. The first-order valence-corrected chi connectivity index (χ1v) is 8.63. The van der Waals surface area contributed by atoms with Crippen LogP contribution in [0.1, 0.15) is 32.6 Å². The molecule has 6 N–H and O–H groups in total. The number of nitrogens with zero attached hydrogens (tertiary/aromatic N) is 1. The number of aliphatic carboxylic acids is 3. The van der Waals surface area contributed by atoms with Gasteiger partial charge >= 0.3 is 23.9 Å². The van der Waals surface area contributed by atoms with Crippen LogP contribution in [0.5, 0.6) is 0 Å². The number of amides is 2. The zero-order valence-electron chi connectivity index (χ0n) is 15.9. The highest BCUT2D eigenvalue weighted by Crippen LogP contribution is 2.30. The number of hydrogen-bond acceptors (Lipinski definition) is 9. The Morgan fingerprint density at radius 3 is 2.30 bits per heavy atom. The van der Waals surface area contributed by atoms with Gasteiger partial charge in [0.2, 0.25) is 17.5 Å². The average molecular weight is 434 g/mol. The molecule has 1 rings (SSSR count). The molecule has 1 aliphatic heterocycles. The van der Waals surface area contributed by atoms with Crippen molar-refractivity contribution in [1.29, 1.82) is 0 Å². The molecule has 0 aromatic carbocycles. The van der Waals surface area contributed by atoms with Gasteiger partial charge in [-0.3, -0.25) is 24.1 Å². The number of aliphatic hydroxyl groups is 2. The van der Waals surface area contributed by atoms with E-state index in [4.69, 9.17) is 15.3 Å². The molecule has 0 spiro atoms. The molecule has 168 valence electrons. The van der Waals surface area contributed by atoms with Crippen LogP contribution >= 0.6 is 0 Å². The van der Waals surface area contributed by atoms with Gasteiger partial charge < -0.3 is 35.6 Å². The molecule has 1 saturated heterocycles. The topological polar surface area (TPSA) is 228 Å². The SMILES string of the molecule is C[C@@H](C(=O)NCCOC(=O)CC(O)(CC(=O)O)C(=O)O)N1C(=O)CCC1(O)C(=O)O. The smallest absolute Gasteiger partial charge is 0.357 e. The molecule has 1 fully saturated rings. The fraction of sp³-hybridized carbons (Fsp3) is 0.625. The highest BCUT2D eigenvalue weighted by Gasteiger charge is 2.53. The van der Waals surface area contributed by atoms with E-state index in [0.717, 1.165) is 0 Å². The van der Waals surface area contributed by atoms with Gasteiger partial charge in [-0.05, 0) is 6.92 Å². The lowest BCUT2D eigenvalue weighted by Crippen LogP contribution is -2.59. The first-order chi connectivity index (χ1) is 13.7. The molecule has 30 heavy (non-hydrogen) atoms. The second-order valence-electron chi connectivity index (χ2n) is 6.66. The number of carboxylic acid groups (broad SMARTS) is 3. The van der Waals surface area contributed by atoms with Gasteiger partial charge in [-0.1, -0.05) is 0 Å². The summed E-state index contributed by atoms with van der Waals surface area (Å²) in [5, 5.41) is 48.7. The number of carboxylic acids is 3. The van der Waals surface area contributed by atoms with Crippen LogP contribution < -0.4 is 5.32 Å². The van der Waals surface area contributed by atoms with Gasteiger partial charge in [-0.15, -0.1) is 0 Å². The second kappa shape index (κ2) is 9.49. The highest BCUT2D eigenvalue weighted by molar-refractivity contribution is 5.94. The monoisotopic (exact) mass is 434 g/mol. The fourth-order valence-corrected chi connectivity index (χ4v) is 2.83. The third-order valence-electron chi connectivity index (χ3n) is 4.41. The third-order valence-corrected chi connectivity index (χ3v) is 4.41. The molecule has 0 saturated carbocycles. The van der Waals surface area contributed by atoms with E-state index in [-0.39, 0.29) is 19.4 Å². The van der Waals surface area contributed by atoms with Crippen LogP contribution in [0.25, 0.3) is 0 Å². The number of hydrogen-bond donors (Lipinski definition) is 6. The standard InChI is InChI=1S/C16H22N2O12/c1-8(18-9(19)2-3-16(18,29)14(26)27)12(23)17-4-5-30-11(22)7-15(28,13(24)25)6-10(20)21/h8,28-29H,2-7H2,1H3,(H,17,23)(H,20,21)(H,24,25)(H,26,27)/t8-,15?,16?/m0/s1.